The number of halogens is 3. The zero-order chi connectivity index (χ0) is 18.0. The summed E-state index contributed by atoms with van der Waals surface area (Å²) in [5.74, 6) is -0.133. The third-order valence-electron chi connectivity index (χ3n) is 3.72. The number of dihydropyridines is 1. The molecule has 2 aromatic heterocycles. The van der Waals surface area contributed by atoms with Crippen molar-refractivity contribution in [2.75, 3.05) is 5.32 Å². The molecule has 0 bridgehead atoms. The van der Waals surface area contributed by atoms with Gasteiger partial charge in [-0.15, -0.1) is 11.3 Å². The van der Waals surface area contributed by atoms with Crippen molar-refractivity contribution in [3.63, 3.8) is 0 Å². The summed E-state index contributed by atoms with van der Waals surface area (Å²) in [6, 6.07) is 0.997. The summed E-state index contributed by atoms with van der Waals surface area (Å²) in [5.41, 5.74) is 0.308. The molecule has 2 aromatic rings. The number of alkyl halides is 3. The maximum absolute atomic E-state index is 13.3. The largest absolute Gasteiger partial charge is 0.416 e. The van der Waals surface area contributed by atoms with Crippen molar-refractivity contribution >= 4 is 22.3 Å². The van der Waals surface area contributed by atoms with E-state index in [2.05, 4.69) is 20.6 Å². The Morgan fingerprint density at radius 1 is 1.28 bits per heavy atom. The molecule has 0 saturated carbocycles. The van der Waals surface area contributed by atoms with Crippen molar-refractivity contribution in [2.45, 2.75) is 32.0 Å². The van der Waals surface area contributed by atoms with Crippen LogP contribution in [0.3, 0.4) is 0 Å². The van der Waals surface area contributed by atoms with Gasteiger partial charge in [-0.05, 0) is 29.8 Å². The molecule has 0 amide bonds. The van der Waals surface area contributed by atoms with Gasteiger partial charge in [0.05, 0.1) is 17.3 Å². The number of pyridine rings is 1. The number of anilines is 2. The lowest BCUT2D eigenvalue weighted by atomic mass is 9.99. The van der Waals surface area contributed by atoms with E-state index >= 15 is 0 Å². The summed E-state index contributed by atoms with van der Waals surface area (Å²) in [5, 5.41) is 8.37. The van der Waals surface area contributed by atoms with Crippen LogP contribution in [0.5, 0.6) is 0 Å². The Labute approximate surface area is 147 Å². The van der Waals surface area contributed by atoms with Gasteiger partial charge in [0.1, 0.15) is 5.82 Å². The standard InChI is InChI=1S/C17H17F3N4S/c1-10(2)11-8-22-15(7-12(11)17(18,19)20)24-16-23-14(9-25-16)13-5-3-4-6-21-13/h3-10,13,21H,1-2H3,(H,22,23,24). The van der Waals surface area contributed by atoms with Crippen LogP contribution in [0.15, 0.2) is 42.1 Å². The Bertz CT molecular complexity index is 808. The number of nitrogens with zero attached hydrogens (tertiary/aromatic N) is 2. The van der Waals surface area contributed by atoms with Crippen molar-refractivity contribution in [1.82, 2.24) is 15.3 Å². The summed E-state index contributed by atoms with van der Waals surface area (Å²) >= 11 is 1.32. The second-order valence-corrected chi connectivity index (χ2v) is 6.76. The number of nitrogens with one attached hydrogen (secondary N) is 2. The molecule has 0 radical (unpaired) electrons. The van der Waals surface area contributed by atoms with E-state index in [-0.39, 0.29) is 23.3 Å². The average Bonchev–Trinajstić information content (AvgIpc) is 3.03. The number of thiazole rings is 1. The molecule has 132 valence electrons. The van der Waals surface area contributed by atoms with Crippen molar-refractivity contribution in [3.05, 3.63) is 58.9 Å². The highest BCUT2D eigenvalue weighted by Gasteiger charge is 2.34. The van der Waals surface area contributed by atoms with E-state index in [1.807, 2.05) is 29.8 Å². The summed E-state index contributed by atoms with van der Waals surface area (Å²) in [7, 11) is 0. The van der Waals surface area contributed by atoms with Crippen molar-refractivity contribution in [3.8, 4) is 0 Å². The summed E-state index contributed by atoms with van der Waals surface area (Å²) in [4.78, 5) is 8.52. The Hall–Kier alpha value is -2.35. The minimum atomic E-state index is -4.42. The molecule has 0 saturated heterocycles. The third kappa shape index (κ3) is 4.01. The Morgan fingerprint density at radius 2 is 2.08 bits per heavy atom. The predicted octanol–water partition coefficient (Wildman–Crippen LogP) is 5.14. The summed E-state index contributed by atoms with van der Waals surface area (Å²) < 4.78 is 39.9. The molecule has 8 heteroatoms. The number of hydrogen-bond acceptors (Lipinski definition) is 5. The van der Waals surface area contributed by atoms with Gasteiger partial charge < -0.3 is 10.6 Å². The first-order valence-electron chi connectivity index (χ1n) is 7.73. The lowest BCUT2D eigenvalue weighted by Gasteiger charge is -2.16. The fourth-order valence-corrected chi connectivity index (χ4v) is 3.22. The monoisotopic (exact) mass is 366 g/mol. The Kier molecular flexibility index (Phi) is 4.80. The van der Waals surface area contributed by atoms with E-state index in [1.165, 1.54) is 17.5 Å². The molecule has 1 aliphatic heterocycles. The molecule has 2 N–H and O–H groups in total. The second kappa shape index (κ2) is 6.87. The van der Waals surface area contributed by atoms with Gasteiger partial charge in [0, 0.05) is 11.6 Å². The van der Waals surface area contributed by atoms with Gasteiger partial charge in [-0.1, -0.05) is 26.0 Å². The maximum Gasteiger partial charge on any atom is 0.416 e. The normalized spacial score (nSPS) is 17.0. The van der Waals surface area contributed by atoms with E-state index in [9.17, 15) is 13.2 Å². The van der Waals surface area contributed by atoms with Crippen LogP contribution >= 0.6 is 11.3 Å². The quantitative estimate of drug-likeness (QED) is 0.787. The average molecular weight is 366 g/mol. The first kappa shape index (κ1) is 17.5. The molecule has 0 aromatic carbocycles. The predicted molar refractivity (Wildman–Crippen MR) is 92.9 cm³/mol. The zero-order valence-corrected chi connectivity index (χ0v) is 14.4. The molecule has 0 spiro atoms. The number of aromatic nitrogens is 2. The fraction of sp³-hybridized carbons (Fsp3) is 0.294. The van der Waals surface area contributed by atoms with E-state index in [0.29, 0.717) is 5.13 Å². The minimum absolute atomic E-state index is 0.0428. The molecular weight excluding hydrogens is 349 g/mol. The van der Waals surface area contributed by atoms with Crippen LogP contribution in [0.25, 0.3) is 0 Å². The smallest absolute Gasteiger partial charge is 0.379 e. The third-order valence-corrected chi connectivity index (χ3v) is 4.50. The van der Waals surface area contributed by atoms with E-state index in [4.69, 9.17) is 0 Å². The highest BCUT2D eigenvalue weighted by molar-refractivity contribution is 7.13. The number of rotatable bonds is 4. The fourth-order valence-electron chi connectivity index (χ4n) is 2.47. The molecule has 3 heterocycles. The molecule has 4 nitrogen and oxygen atoms in total. The number of hydrogen-bond donors (Lipinski definition) is 2. The van der Waals surface area contributed by atoms with Gasteiger partial charge in [-0.25, -0.2) is 9.97 Å². The van der Waals surface area contributed by atoms with Crippen LogP contribution in [0.4, 0.5) is 24.1 Å². The molecule has 0 fully saturated rings. The zero-order valence-electron chi connectivity index (χ0n) is 13.6. The van der Waals surface area contributed by atoms with Crippen molar-refractivity contribution < 1.29 is 13.2 Å². The van der Waals surface area contributed by atoms with Gasteiger partial charge in [0.25, 0.3) is 0 Å². The first-order valence-corrected chi connectivity index (χ1v) is 8.61. The molecule has 1 aliphatic rings. The van der Waals surface area contributed by atoms with Crippen LogP contribution in [0.1, 0.15) is 42.6 Å². The van der Waals surface area contributed by atoms with Gasteiger partial charge in [0.2, 0.25) is 0 Å². The van der Waals surface area contributed by atoms with E-state index in [1.54, 1.807) is 13.8 Å². The van der Waals surface area contributed by atoms with Crippen molar-refractivity contribution in [1.29, 1.82) is 0 Å². The van der Waals surface area contributed by atoms with E-state index in [0.717, 1.165) is 11.8 Å². The SMILES string of the molecule is CC(C)c1cnc(Nc2nc(C3C=CC=CN3)cs2)cc1C(F)(F)F. The van der Waals surface area contributed by atoms with Crippen LogP contribution in [0, 0.1) is 0 Å². The van der Waals surface area contributed by atoms with Gasteiger partial charge in [-0.3, -0.25) is 0 Å². The van der Waals surface area contributed by atoms with Gasteiger partial charge >= 0.3 is 6.18 Å². The minimum Gasteiger partial charge on any atom is -0.379 e. The molecule has 3 rings (SSSR count). The van der Waals surface area contributed by atoms with Crippen molar-refractivity contribution in [2.24, 2.45) is 0 Å². The molecule has 0 aliphatic carbocycles. The topological polar surface area (TPSA) is 49.8 Å². The van der Waals surface area contributed by atoms with Crippen LogP contribution < -0.4 is 10.6 Å². The second-order valence-electron chi connectivity index (χ2n) is 5.90. The van der Waals surface area contributed by atoms with Gasteiger partial charge in [-0.2, -0.15) is 13.2 Å². The summed E-state index contributed by atoms with van der Waals surface area (Å²) in [6.07, 6.45) is 4.42. The highest BCUT2D eigenvalue weighted by atomic mass is 32.1. The molecular formula is C17H17F3N4S. The molecule has 1 atom stereocenters. The number of allylic oxidation sites excluding steroid dienone is 2. The Morgan fingerprint density at radius 3 is 2.72 bits per heavy atom. The summed E-state index contributed by atoms with van der Waals surface area (Å²) in [6.45, 7) is 3.43. The lowest BCUT2D eigenvalue weighted by molar-refractivity contribution is -0.138. The first-order chi connectivity index (χ1) is 11.8. The van der Waals surface area contributed by atoms with Crippen LogP contribution in [0.2, 0.25) is 0 Å². The molecule has 1 unspecified atom stereocenters. The van der Waals surface area contributed by atoms with E-state index < -0.39 is 11.7 Å². The Balaban J connectivity index is 1.82. The van der Waals surface area contributed by atoms with Crippen LogP contribution in [-0.4, -0.2) is 9.97 Å². The van der Waals surface area contributed by atoms with Crippen LogP contribution in [-0.2, 0) is 6.18 Å². The maximum atomic E-state index is 13.3. The van der Waals surface area contributed by atoms with Gasteiger partial charge in [0.15, 0.2) is 5.13 Å². The molecule has 25 heavy (non-hydrogen) atoms. The highest BCUT2D eigenvalue weighted by Crippen LogP contribution is 2.36. The lowest BCUT2D eigenvalue weighted by Crippen LogP contribution is -2.15.